The van der Waals surface area contributed by atoms with Crippen LogP contribution in [0.2, 0.25) is 0 Å². The number of hydrogen-bond donors (Lipinski definition) is 1. The summed E-state index contributed by atoms with van der Waals surface area (Å²) in [5, 5.41) is 19.2. The van der Waals surface area contributed by atoms with Gasteiger partial charge < -0.3 is 24.4 Å². The molecule has 2 fully saturated rings. The topological polar surface area (TPSA) is 112 Å². The van der Waals surface area contributed by atoms with E-state index in [1.165, 1.54) is 0 Å². The predicted molar refractivity (Wildman–Crippen MR) is 132 cm³/mol. The number of nitrogens with zero attached hydrogens (tertiary/aromatic N) is 5. The number of piperidine rings is 2. The van der Waals surface area contributed by atoms with Crippen molar-refractivity contribution in [1.82, 2.24) is 30.6 Å². The Morgan fingerprint density at radius 3 is 1.74 bits per heavy atom. The number of hydrogen-bond acceptors (Lipinski definition) is 9. The second-order valence-electron chi connectivity index (χ2n) is 9.88. The zero-order valence-corrected chi connectivity index (χ0v) is 21.5. The van der Waals surface area contributed by atoms with Crippen LogP contribution in [0.5, 0.6) is 11.8 Å². The summed E-state index contributed by atoms with van der Waals surface area (Å²) in [6, 6.07) is 7.49. The molecule has 0 bridgehead atoms. The lowest BCUT2D eigenvalue weighted by Gasteiger charge is -2.33. The van der Waals surface area contributed by atoms with Crippen LogP contribution >= 0.6 is 0 Å². The molecular formula is C25H38N6O4. The minimum atomic E-state index is -0.456. The lowest BCUT2D eigenvalue weighted by atomic mass is 10.1. The highest BCUT2D eigenvalue weighted by Gasteiger charge is 2.27. The molecule has 4 heterocycles. The summed E-state index contributed by atoms with van der Waals surface area (Å²) < 4.78 is 16.9. The quantitative estimate of drug-likeness (QED) is 0.694. The maximum atomic E-state index is 12.0. The zero-order chi connectivity index (χ0) is 25.3. The predicted octanol–water partition coefficient (Wildman–Crippen LogP) is 3.48. The minimum Gasteiger partial charge on any atom is -0.473 e. The highest BCUT2D eigenvalue weighted by atomic mass is 16.6. The second kappa shape index (κ2) is 12.6. The van der Waals surface area contributed by atoms with Crippen molar-refractivity contribution in [2.75, 3.05) is 26.2 Å². The fourth-order valence-corrected chi connectivity index (χ4v) is 3.64. The largest absolute Gasteiger partial charge is 0.473 e. The van der Waals surface area contributed by atoms with E-state index in [0.29, 0.717) is 31.0 Å². The van der Waals surface area contributed by atoms with Gasteiger partial charge in [0.25, 0.3) is 0 Å². The molecule has 2 aliphatic heterocycles. The average Bonchev–Trinajstić information content (AvgIpc) is 2.83. The van der Waals surface area contributed by atoms with E-state index in [9.17, 15) is 4.79 Å². The summed E-state index contributed by atoms with van der Waals surface area (Å²) >= 11 is 0. The van der Waals surface area contributed by atoms with Gasteiger partial charge >= 0.3 is 6.09 Å². The van der Waals surface area contributed by atoms with Crippen molar-refractivity contribution in [1.29, 1.82) is 0 Å². The van der Waals surface area contributed by atoms with Crippen molar-refractivity contribution < 1.29 is 19.0 Å². The monoisotopic (exact) mass is 486 g/mol. The van der Waals surface area contributed by atoms with E-state index in [1.54, 1.807) is 4.90 Å². The average molecular weight is 487 g/mol. The number of carbonyl (C=O) groups excluding carboxylic acids is 1. The molecule has 0 atom stereocenters. The minimum absolute atomic E-state index is 0.0701. The van der Waals surface area contributed by atoms with Gasteiger partial charge in [-0.2, -0.15) is 10.2 Å². The summed E-state index contributed by atoms with van der Waals surface area (Å²) in [6.07, 6.45) is 3.76. The van der Waals surface area contributed by atoms with Crippen LogP contribution in [0.3, 0.4) is 0 Å². The molecule has 1 N–H and O–H groups in total. The Morgan fingerprint density at radius 2 is 1.31 bits per heavy atom. The van der Waals surface area contributed by atoms with E-state index < -0.39 is 5.60 Å². The van der Waals surface area contributed by atoms with E-state index in [-0.39, 0.29) is 12.2 Å². The van der Waals surface area contributed by atoms with Gasteiger partial charge in [0.2, 0.25) is 11.8 Å². The van der Waals surface area contributed by atoms with Crippen molar-refractivity contribution >= 4 is 6.09 Å². The third kappa shape index (κ3) is 9.64. The lowest BCUT2D eigenvalue weighted by molar-refractivity contribution is 0.0122. The molecule has 0 spiro atoms. The maximum absolute atomic E-state index is 12.0. The molecule has 0 unspecified atom stereocenters. The molecule has 0 radical (unpaired) electrons. The number of likely N-dealkylation sites (tertiary alicyclic amines) is 1. The molecule has 35 heavy (non-hydrogen) atoms. The van der Waals surface area contributed by atoms with Crippen LogP contribution in [-0.2, 0) is 4.74 Å². The van der Waals surface area contributed by atoms with Crippen LogP contribution in [-0.4, -0.2) is 75.4 Å². The van der Waals surface area contributed by atoms with Crippen LogP contribution < -0.4 is 14.8 Å². The SMILES string of the molecule is Cc1ccc(OC2CCN(C(=O)OC(C)(C)C)CC2)nn1.Cc1ccc(OC2CCNCC2)nn1. The van der Waals surface area contributed by atoms with E-state index in [0.717, 1.165) is 50.2 Å². The first-order valence-corrected chi connectivity index (χ1v) is 12.3. The van der Waals surface area contributed by atoms with E-state index in [2.05, 4.69) is 25.7 Å². The standard InChI is InChI=1S/C15H23N3O3.C10H15N3O/c1-11-5-6-13(17-16-11)20-12-7-9-18(10-8-12)14(19)21-15(2,3)4;1-8-2-3-10(13-12-8)14-9-4-6-11-7-5-9/h5-6,12H,7-10H2,1-4H3;2-3,9,11H,4-7H2,1H3. The third-order valence-corrected chi connectivity index (χ3v) is 5.50. The number of ether oxygens (including phenoxy) is 3. The van der Waals surface area contributed by atoms with E-state index >= 15 is 0 Å². The molecule has 2 aromatic rings. The molecule has 2 saturated heterocycles. The van der Waals surface area contributed by atoms with Gasteiger partial charge in [-0.05, 0) is 72.7 Å². The van der Waals surface area contributed by atoms with Gasteiger partial charge in [0, 0.05) is 38.1 Å². The van der Waals surface area contributed by atoms with E-state index in [4.69, 9.17) is 14.2 Å². The molecule has 2 aromatic heterocycles. The van der Waals surface area contributed by atoms with Gasteiger partial charge in [0.05, 0.1) is 11.4 Å². The smallest absolute Gasteiger partial charge is 0.410 e. The van der Waals surface area contributed by atoms with Crippen molar-refractivity contribution in [3.8, 4) is 11.8 Å². The Labute approximate surface area is 207 Å². The summed E-state index contributed by atoms with van der Waals surface area (Å²) in [5.74, 6) is 1.18. The van der Waals surface area contributed by atoms with Gasteiger partial charge in [0.15, 0.2) is 0 Å². The van der Waals surface area contributed by atoms with Crippen LogP contribution in [0.4, 0.5) is 4.79 Å². The van der Waals surface area contributed by atoms with Gasteiger partial charge in [0.1, 0.15) is 17.8 Å². The summed E-state index contributed by atoms with van der Waals surface area (Å²) in [7, 11) is 0. The number of amides is 1. The Kier molecular flexibility index (Phi) is 9.59. The summed E-state index contributed by atoms with van der Waals surface area (Å²) in [4.78, 5) is 13.7. The van der Waals surface area contributed by atoms with Crippen LogP contribution in [0, 0.1) is 13.8 Å². The number of nitrogens with one attached hydrogen (secondary N) is 1. The number of carbonyl (C=O) groups is 1. The highest BCUT2D eigenvalue weighted by molar-refractivity contribution is 5.68. The molecule has 0 saturated carbocycles. The maximum Gasteiger partial charge on any atom is 0.410 e. The van der Waals surface area contributed by atoms with Crippen molar-refractivity contribution in [2.45, 2.75) is 78.1 Å². The van der Waals surface area contributed by atoms with Crippen LogP contribution in [0.15, 0.2) is 24.3 Å². The number of rotatable bonds is 4. The molecule has 10 heteroatoms. The molecule has 10 nitrogen and oxygen atoms in total. The Morgan fingerprint density at radius 1 is 0.829 bits per heavy atom. The van der Waals surface area contributed by atoms with Crippen molar-refractivity contribution in [3.05, 3.63) is 35.7 Å². The first kappa shape index (κ1) is 26.6. The fraction of sp³-hybridized carbons (Fsp3) is 0.640. The Bertz CT molecular complexity index is 903. The molecule has 4 rings (SSSR count). The summed E-state index contributed by atoms with van der Waals surface area (Å²) in [6.45, 7) is 12.8. The second-order valence-corrected chi connectivity index (χ2v) is 9.88. The molecular weight excluding hydrogens is 448 g/mol. The van der Waals surface area contributed by atoms with E-state index in [1.807, 2.05) is 58.9 Å². The molecule has 0 aromatic carbocycles. The van der Waals surface area contributed by atoms with Crippen molar-refractivity contribution in [3.63, 3.8) is 0 Å². The first-order valence-electron chi connectivity index (χ1n) is 12.3. The molecule has 0 aliphatic carbocycles. The third-order valence-electron chi connectivity index (χ3n) is 5.50. The zero-order valence-electron chi connectivity index (χ0n) is 21.5. The normalized spacial score (nSPS) is 17.2. The first-order chi connectivity index (χ1) is 16.7. The molecule has 192 valence electrons. The van der Waals surface area contributed by atoms with Crippen molar-refractivity contribution in [2.24, 2.45) is 0 Å². The van der Waals surface area contributed by atoms with Crippen LogP contribution in [0.1, 0.15) is 57.8 Å². The lowest BCUT2D eigenvalue weighted by Crippen LogP contribution is -2.44. The van der Waals surface area contributed by atoms with Gasteiger partial charge in [-0.25, -0.2) is 4.79 Å². The van der Waals surface area contributed by atoms with Crippen LogP contribution in [0.25, 0.3) is 0 Å². The number of aromatic nitrogens is 4. The number of aryl methyl sites for hydroxylation is 2. The van der Waals surface area contributed by atoms with Gasteiger partial charge in [-0.15, -0.1) is 10.2 Å². The fourth-order valence-electron chi connectivity index (χ4n) is 3.64. The highest BCUT2D eigenvalue weighted by Crippen LogP contribution is 2.19. The summed E-state index contributed by atoms with van der Waals surface area (Å²) in [5.41, 5.74) is 1.33. The van der Waals surface area contributed by atoms with Gasteiger partial charge in [-0.1, -0.05) is 0 Å². The van der Waals surface area contributed by atoms with Gasteiger partial charge in [-0.3, -0.25) is 0 Å². The Hall–Kier alpha value is -3.01. The molecule has 2 aliphatic rings. The molecule has 1 amide bonds. The Balaban J connectivity index is 0.000000211.